The van der Waals surface area contributed by atoms with E-state index in [1.54, 1.807) is 24.3 Å². The second kappa shape index (κ2) is 6.69. The smallest absolute Gasteiger partial charge is 0.267 e. The van der Waals surface area contributed by atoms with Gasteiger partial charge in [0.2, 0.25) is 0 Å². The zero-order valence-corrected chi connectivity index (χ0v) is 11.3. The second-order valence-electron chi connectivity index (χ2n) is 4.29. The van der Waals surface area contributed by atoms with Crippen LogP contribution in [0.15, 0.2) is 48.5 Å². The maximum absolute atomic E-state index is 11.9. The van der Waals surface area contributed by atoms with Crippen LogP contribution in [0.3, 0.4) is 0 Å². The van der Waals surface area contributed by atoms with E-state index in [0.29, 0.717) is 11.1 Å². The van der Waals surface area contributed by atoms with E-state index in [0.717, 1.165) is 0 Å². The molecular weight excluding hydrogens is 280 g/mol. The van der Waals surface area contributed by atoms with Gasteiger partial charge in [0.1, 0.15) is 0 Å². The number of rotatable bonds is 2. The molecule has 2 amide bonds. The fraction of sp³-hybridized carbons (Fsp3) is 0. The van der Waals surface area contributed by atoms with Crippen molar-refractivity contribution in [3.8, 4) is 12.1 Å². The summed E-state index contributed by atoms with van der Waals surface area (Å²) in [5.41, 5.74) is 5.72. The molecular formula is C16H10N4O2. The van der Waals surface area contributed by atoms with Crippen molar-refractivity contribution in [1.29, 1.82) is 10.5 Å². The van der Waals surface area contributed by atoms with Crippen molar-refractivity contribution >= 4 is 11.8 Å². The largest absolute Gasteiger partial charge is 0.269 e. The molecule has 22 heavy (non-hydrogen) atoms. The lowest BCUT2D eigenvalue weighted by atomic mass is 10.1. The van der Waals surface area contributed by atoms with E-state index in [2.05, 4.69) is 10.9 Å². The van der Waals surface area contributed by atoms with Gasteiger partial charge in [-0.1, -0.05) is 12.1 Å². The summed E-state index contributed by atoms with van der Waals surface area (Å²) >= 11 is 0. The Morgan fingerprint density at radius 2 is 1.18 bits per heavy atom. The average Bonchev–Trinajstić information content (AvgIpc) is 2.59. The average molecular weight is 290 g/mol. The minimum Gasteiger partial charge on any atom is -0.267 e. The van der Waals surface area contributed by atoms with Crippen LogP contribution in [-0.2, 0) is 0 Å². The maximum Gasteiger partial charge on any atom is 0.269 e. The Morgan fingerprint density at radius 1 is 0.773 bits per heavy atom. The van der Waals surface area contributed by atoms with Gasteiger partial charge in [-0.3, -0.25) is 20.4 Å². The first-order valence-corrected chi connectivity index (χ1v) is 6.25. The van der Waals surface area contributed by atoms with Gasteiger partial charge in [-0.15, -0.1) is 0 Å². The lowest BCUT2D eigenvalue weighted by Gasteiger charge is -2.07. The molecule has 0 heterocycles. The number of hydrazine groups is 1. The molecule has 6 nitrogen and oxygen atoms in total. The van der Waals surface area contributed by atoms with Gasteiger partial charge >= 0.3 is 0 Å². The van der Waals surface area contributed by atoms with Crippen LogP contribution in [0.25, 0.3) is 0 Å². The molecule has 0 spiro atoms. The van der Waals surface area contributed by atoms with E-state index in [1.807, 2.05) is 12.1 Å². The standard InChI is InChI=1S/C16H10N4O2/c17-9-11-3-1-5-13(7-11)15(21)19-20-16(22)14-6-2-4-12(8-14)10-18/h1-8H,(H,19,21)(H,20,22). The van der Waals surface area contributed by atoms with Crippen LogP contribution in [0, 0.1) is 22.7 Å². The van der Waals surface area contributed by atoms with Gasteiger partial charge in [0.15, 0.2) is 0 Å². The van der Waals surface area contributed by atoms with Crippen LogP contribution in [0.5, 0.6) is 0 Å². The Labute approximate surface area is 126 Å². The first kappa shape index (κ1) is 14.8. The number of nitriles is 2. The Morgan fingerprint density at radius 3 is 1.55 bits per heavy atom. The highest BCUT2D eigenvalue weighted by Crippen LogP contribution is 2.05. The van der Waals surface area contributed by atoms with Crippen LogP contribution < -0.4 is 10.9 Å². The first-order chi connectivity index (χ1) is 10.6. The molecule has 0 saturated carbocycles. The summed E-state index contributed by atoms with van der Waals surface area (Å²) in [6.45, 7) is 0. The Balaban J connectivity index is 2.03. The van der Waals surface area contributed by atoms with Gasteiger partial charge in [-0.2, -0.15) is 10.5 Å². The number of hydrogen-bond acceptors (Lipinski definition) is 4. The van der Waals surface area contributed by atoms with E-state index in [1.165, 1.54) is 24.3 Å². The predicted molar refractivity (Wildman–Crippen MR) is 77.2 cm³/mol. The number of hydrogen-bond donors (Lipinski definition) is 2. The number of nitrogens with one attached hydrogen (secondary N) is 2. The van der Waals surface area contributed by atoms with Crippen LogP contribution in [0.2, 0.25) is 0 Å². The van der Waals surface area contributed by atoms with Crippen molar-refractivity contribution in [3.05, 3.63) is 70.8 Å². The molecule has 0 radical (unpaired) electrons. The summed E-state index contributed by atoms with van der Waals surface area (Å²) in [5, 5.41) is 17.6. The first-order valence-electron chi connectivity index (χ1n) is 6.25. The van der Waals surface area contributed by atoms with E-state index in [4.69, 9.17) is 10.5 Å². The molecule has 0 atom stereocenters. The molecule has 0 bridgehead atoms. The van der Waals surface area contributed by atoms with Crippen LogP contribution >= 0.6 is 0 Å². The molecule has 2 aromatic rings. The Kier molecular flexibility index (Phi) is 4.49. The van der Waals surface area contributed by atoms with Crippen molar-refractivity contribution in [3.63, 3.8) is 0 Å². The third-order valence-corrected chi connectivity index (χ3v) is 2.80. The van der Waals surface area contributed by atoms with Crippen LogP contribution in [0.1, 0.15) is 31.8 Å². The summed E-state index contributed by atoms with van der Waals surface area (Å²) < 4.78 is 0. The zero-order chi connectivity index (χ0) is 15.9. The van der Waals surface area contributed by atoms with Crippen LogP contribution in [-0.4, -0.2) is 11.8 Å². The fourth-order valence-electron chi connectivity index (χ4n) is 1.72. The summed E-state index contributed by atoms with van der Waals surface area (Å²) in [7, 11) is 0. The molecule has 2 rings (SSSR count). The number of carbonyl (C=O) groups excluding carboxylic acids is 2. The van der Waals surface area contributed by atoms with Gasteiger partial charge in [-0.25, -0.2) is 0 Å². The predicted octanol–water partition coefficient (Wildman–Crippen LogP) is 1.50. The number of amides is 2. The second-order valence-corrected chi connectivity index (χ2v) is 4.29. The van der Waals surface area contributed by atoms with Crippen molar-refractivity contribution in [1.82, 2.24) is 10.9 Å². The molecule has 0 fully saturated rings. The monoisotopic (exact) mass is 290 g/mol. The van der Waals surface area contributed by atoms with Crippen molar-refractivity contribution in [2.75, 3.05) is 0 Å². The van der Waals surface area contributed by atoms with E-state index in [9.17, 15) is 9.59 Å². The molecule has 0 unspecified atom stereocenters. The third-order valence-electron chi connectivity index (χ3n) is 2.80. The van der Waals surface area contributed by atoms with E-state index >= 15 is 0 Å². The lowest BCUT2D eigenvalue weighted by Crippen LogP contribution is -2.41. The normalized spacial score (nSPS) is 9.18. The number of nitrogens with zero attached hydrogens (tertiary/aromatic N) is 2. The maximum atomic E-state index is 11.9. The van der Waals surface area contributed by atoms with Crippen LogP contribution in [0.4, 0.5) is 0 Å². The third kappa shape index (κ3) is 3.47. The summed E-state index contributed by atoms with van der Waals surface area (Å²) in [5.74, 6) is -1.08. The Bertz CT molecular complexity index is 746. The number of carbonyl (C=O) groups is 2. The highest BCUT2D eigenvalue weighted by molar-refractivity contribution is 5.99. The lowest BCUT2D eigenvalue weighted by molar-refractivity contribution is 0.0846. The SMILES string of the molecule is N#Cc1cccc(C(=O)NNC(=O)c2cccc(C#N)c2)c1. The van der Waals surface area contributed by atoms with Gasteiger partial charge < -0.3 is 0 Å². The zero-order valence-electron chi connectivity index (χ0n) is 11.3. The van der Waals surface area contributed by atoms with E-state index in [-0.39, 0.29) is 11.1 Å². The minimum absolute atomic E-state index is 0.255. The van der Waals surface area contributed by atoms with Gasteiger partial charge in [0.25, 0.3) is 11.8 Å². The van der Waals surface area contributed by atoms with Gasteiger partial charge in [0.05, 0.1) is 23.3 Å². The molecule has 0 aromatic heterocycles. The molecule has 2 N–H and O–H groups in total. The molecule has 0 aliphatic heterocycles. The molecule has 2 aromatic carbocycles. The topological polar surface area (TPSA) is 106 Å². The highest BCUT2D eigenvalue weighted by atomic mass is 16.2. The molecule has 6 heteroatoms. The molecule has 0 aliphatic carbocycles. The fourth-order valence-corrected chi connectivity index (χ4v) is 1.72. The van der Waals surface area contributed by atoms with E-state index < -0.39 is 11.8 Å². The van der Waals surface area contributed by atoms with Gasteiger partial charge in [-0.05, 0) is 36.4 Å². The molecule has 0 aliphatic rings. The van der Waals surface area contributed by atoms with Crippen molar-refractivity contribution in [2.45, 2.75) is 0 Å². The quantitative estimate of drug-likeness (QED) is 0.817. The highest BCUT2D eigenvalue weighted by Gasteiger charge is 2.10. The minimum atomic E-state index is -0.540. The summed E-state index contributed by atoms with van der Waals surface area (Å²) in [6, 6.07) is 16.0. The van der Waals surface area contributed by atoms with Gasteiger partial charge in [0, 0.05) is 11.1 Å². The summed E-state index contributed by atoms with van der Waals surface area (Å²) in [4.78, 5) is 23.8. The Hall–Kier alpha value is -3.64. The summed E-state index contributed by atoms with van der Waals surface area (Å²) in [6.07, 6.45) is 0. The van der Waals surface area contributed by atoms with Crippen molar-refractivity contribution < 1.29 is 9.59 Å². The van der Waals surface area contributed by atoms with Crippen molar-refractivity contribution in [2.24, 2.45) is 0 Å². The number of benzene rings is 2. The molecule has 0 saturated heterocycles. The molecule has 106 valence electrons.